The monoisotopic (exact) mass is 419 g/mol. The number of ether oxygens (including phenoxy) is 1. The predicted molar refractivity (Wildman–Crippen MR) is 99.0 cm³/mol. The lowest BCUT2D eigenvalue weighted by Crippen LogP contribution is -2.41. The van der Waals surface area contributed by atoms with Crippen LogP contribution in [-0.4, -0.2) is 41.4 Å². The molecule has 0 unspecified atom stereocenters. The third-order valence-corrected chi connectivity index (χ3v) is 4.24. The van der Waals surface area contributed by atoms with Gasteiger partial charge in [0.25, 0.3) is 5.91 Å². The van der Waals surface area contributed by atoms with E-state index in [1.807, 2.05) is 6.07 Å². The van der Waals surface area contributed by atoms with Gasteiger partial charge in [0.2, 0.25) is 0 Å². The van der Waals surface area contributed by atoms with Crippen molar-refractivity contribution in [3.05, 3.63) is 52.0 Å². The van der Waals surface area contributed by atoms with Crippen LogP contribution in [0.5, 0.6) is 11.5 Å². The van der Waals surface area contributed by atoms with Gasteiger partial charge in [0.05, 0.1) is 29.3 Å². The maximum absolute atomic E-state index is 12.7. The molecule has 29 heavy (non-hydrogen) atoms. The minimum Gasteiger partial charge on any atom is -0.868 e. The second-order valence-electron chi connectivity index (χ2n) is 5.73. The Kier molecular flexibility index (Phi) is 6.84. The summed E-state index contributed by atoms with van der Waals surface area (Å²) in [7, 11) is 2.30. The number of imide groups is 1. The van der Waals surface area contributed by atoms with Crippen LogP contribution in [-0.2, 0) is 6.54 Å². The molecule has 0 bridgehead atoms. The average molecular weight is 420 g/mol. The quantitative estimate of drug-likeness (QED) is 0.621. The number of anilines is 1. The van der Waals surface area contributed by atoms with E-state index < -0.39 is 34.2 Å². The summed E-state index contributed by atoms with van der Waals surface area (Å²) in [6.07, 6.45) is 0. The summed E-state index contributed by atoms with van der Waals surface area (Å²) in [6, 6.07) is 8.60. The number of nitrogens with zero attached hydrogens (tertiary/aromatic N) is 3. The Bertz CT molecular complexity index is 972. The van der Waals surface area contributed by atoms with Crippen molar-refractivity contribution in [3.63, 3.8) is 0 Å². The van der Waals surface area contributed by atoms with Gasteiger partial charge >= 0.3 is 6.03 Å². The zero-order chi connectivity index (χ0) is 21.7. The zero-order valence-electron chi connectivity index (χ0n) is 15.3. The summed E-state index contributed by atoms with van der Waals surface area (Å²) < 4.78 is 4.79. The number of nitriles is 1. The van der Waals surface area contributed by atoms with Gasteiger partial charge in [0.1, 0.15) is 11.4 Å². The molecule has 0 atom stereocenters. The summed E-state index contributed by atoms with van der Waals surface area (Å²) >= 11 is 6.00. The van der Waals surface area contributed by atoms with E-state index in [4.69, 9.17) is 21.6 Å². The van der Waals surface area contributed by atoms with Crippen molar-refractivity contribution >= 4 is 29.2 Å². The summed E-state index contributed by atoms with van der Waals surface area (Å²) in [5.74, 6) is -2.37. The van der Waals surface area contributed by atoms with Crippen LogP contribution in [0.4, 0.5) is 10.5 Å². The van der Waals surface area contributed by atoms with Crippen LogP contribution < -0.4 is 20.4 Å². The van der Waals surface area contributed by atoms with E-state index in [2.05, 4.69) is 5.32 Å². The lowest BCUT2D eigenvalue weighted by atomic mass is 10.1. The number of hydrogen-bond acceptors (Lipinski definition) is 8. The standard InChI is InChI=1S/C18H17ClN4O6/c1-22(18(26)21-9-11-5-3-10(8-20)4-6-11)17(25)14-12(19)7-13(29-2)16(24)15(14)23(27)28/h3-7,24,27-28H,9H2,1-2H3,(H,21,26)/p-1. The van der Waals surface area contributed by atoms with Crippen molar-refractivity contribution in [2.75, 3.05) is 19.4 Å². The van der Waals surface area contributed by atoms with Crippen molar-refractivity contribution in [1.82, 2.24) is 10.2 Å². The van der Waals surface area contributed by atoms with E-state index in [9.17, 15) is 25.1 Å². The first-order valence-electron chi connectivity index (χ1n) is 8.01. The molecule has 2 aromatic carbocycles. The molecule has 0 aliphatic heterocycles. The Morgan fingerprint density at radius 2 is 1.93 bits per heavy atom. The molecule has 0 spiro atoms. The third-order valence-electron chi connectivity index (χ3n) is 3.94. The molecule has 0 aromatic heterocycles. The lowest BCUT2D eigenvalue weighted by Gasteiger charge is -2.25. The number of rotatable bonds is 5. The Morgan fingerprint density at radius 1 is 1.31 bits per heavy atom. The lowest BCUT2D eigenvalue weighted by molar-refractivity contribution is -0.270. The van der Waals surface area contributed by atoms with Gasteiger partial charge in [0, 0.05) is 13.6 Å². The van der Waals surface area contributed by atoms with Gasteiger partial charge in [-0.25, -0.2) is 4.79 Å². The summed E-state index contributed by atoms with van der Waals surface area (Å²) in [5.41, 5.74) is -0.301. The van der Waals surface area contributed by atoms with Gasteiger partial charge in [-0.1, -0.05) is 23.7 Å². The number of urea groups is 1. The Labute approximate surface area is 170 Å². The van der Waals surface area contributed by atoms with E-state index in [-0.39, 0.29) is 17.3 Å². The number of carbonyl (C=O) groups excluding carboxylic acids is 2. The first kappa shape index (κ1) is 21.8. The molecular formula is C18H16ClN4O6-. The highest BCUT2D eigenvalue weighted by Gasteiger charge is 2.27. The minimum atomic E-state index is -1.05. The highest BCUT2D eigenvalue weighted by Crippen LogP contribution is 2.41. The number of hydrogen-bond donors (Lipinski definition) is 3. The van der Waals surface area contributed by atoms with Crippen molar-refractivity contribution in [2.45, 2.75) is 6.54 Å². The van der Waals surface area contributed by atoms with E-state index in [0.29, 0.717) is 16.0 Å². The normalized spacial score (nSPS) is 10.1. The molecule has 3 N–H and O–H groups in total. The van der Waals surface area contributed by atoms with Crippen molar-refractivity contribution in [1.29, 1.82) is 5.26 Å². The smallest absolute Gasteiger partial charge is 0.324 e. The van der Waals surface area contributed by atoms with Crippen molar-refractivity contribution in [3.8, 4) is 17.6 Å². The zero-order valence-corrected chi connectivity index (χ0v) is 16.1. The first-order chi connectivity index (χ1) is 13.7. The summed E-state index contributed by atoms with van der Waals surface area (Å²) in [6.45, 7) is 0.0598. The van der Waals surface area contributed by atoms with Gasteiger partial charge < -0.3 is 15.2 Å². The molecule has 0 saturated heterocycles. The number of methoxy groups -OCH3 is 1. The Morgan fingerprint density at radius 3 is 2.45 bits per heavy atom. The molecule has 2 rings (SSSR count). The Hall–Kier alpha value is -3.52. The maximum Gasteiger partial charge on any atom is 0.324 e. The number of halogens is 1. The molecular weight excluding hydrogens is 404 g/mol. The molecule has 0 radical (unpaired) electrons. The second kappa shape index (κ2) is 9.11. The molecule has 10 nitrogen and oxygen atoms in total. The van der Waals surface area contributed by atoms with E-state index >= 15 is 0 Å². The van der Waals surface area contributed by atoms with Crippen LogP contribution in [0.3, 0.4) is 0 Å². The molecule has 0 saturated carbocycles. The fourth-order valence-electron chi connectivity index (χ4n) is 2.40. The van der Waals surface area contributed by atoms with Crippen LogP contribution in [0.1, 0.15) is 21.5 Å². The number of amides is 3. The van der Waals surface area contributed by atoms with Gasteiger partial charge in [-0.15, -0.1) is 5.23 Å². The highest BCUT2D eigenvalue weighted by atomic mass is 35.5. The van der Waals surface area contributed by atoms with Crippen molar-refractivity contribution in [2.24, 2.45) is 0 Å². The molecule has 0 aliphatic rings. The van der Waals surface area contributed by atoms with Crippen LogP contribution in [0.2, 0.25) is 5.02 Å². The van der Waals surface area contributed by atoms with Crippen LogP contribution in [0, 0.1) is 11.3 Å². The molecule has 0 heterocycles. The fraction of sp³-hybridized carbons (Fsp3) is 0.167. The Balaban J connectivity index is 2.23. The van der Waals surface area contributed by atoms with E-state index in [1.165, 1.54) is 7.11 Å². The number of carbonyl (C=O) groups is 2. The first-order valence-corrected chi connectivity index (χ1v) is 8.39. The minimum absolute atomic E-state index is 0.0598. The SMILES string of the molecule is COc1cc(Cl)c(C(=O)N(C)C(=O)NCc2ccc(C#N)cc2)c(N(O)O)c1[O-]. The fourth-order valence-corrected chi connectivity index (χ4v) is 2.66. The van der Waals surface area contributed by atoms with Crippen molar-refractivity contribution < 1.29 is 29.8 Å². The average Bonchev–Trinajstić information content (AvgIpc) is 2.71. The molecule has 11 heteroatoms. The van der Waals surface area contributed by atoms with E-state index in [0.717, 1.165) is 13.1 Å². The summed E-state index contributed by atoms with van der Waals surface area (Å²) in [4.78, 5) is 25.6. The number of nitrogens with one attached hydrogen (secondary N) is 1. The molecule has 0 aliphatic carbocycles. The molecule has 2 aromatic rings. The molecule has 152 valence electrons. The maximum atomic E-state index is 12.7. The van der Waals surface area contributed by atoms with E-state index in [1.54, 1.807) is 24.3 Å². The van der Waals surface area contributed by atoms with Gasteiger partial charge in [-0.3, -0.25) is 20.1 Å². The molecule has 3 amide bonds. The predicted octanol–water partition coefficient (Wildman–Crippen LogP) is 1.86. The number of benzene rings is 2. The highest BCUT2D eigenvalue weighted by molar-refractivity contribution is 6.35. The van der Waals surface area contributed by atoms with Gasteiger partial charge in [-0.05, 0) is 29.5 Å². The second-order valence-corrected chi connectivity index (χ2v) is 6.14. The van der Waals surface area contributed by atoms with Crippen LogP contribution in [0.15, 0.2) is 30.3 Å². The van der Waals surface area contributed by atoms with Crippen LogP contribution in [0.25, 0.3) is 0 Å². The van der Waals surface area contributed by atoms with Gasteiger partial charge in [-0.2, -0.15) is 5.26 Å². The van der Waals surface area contributed by atoms with Gasteiger partial charge in [0.15, 0.2) is 0 Å². The largest absolute Gasteiger partial charge is 0.868 e. The third kappa shape index (κ3) is 4.67. The van der Waals surface area contributed by atoms with Crippen LogP contribution >= 0.6 is 11.6 Å². The summed E-state index contributed by atoms with van der Waals surface area (Å²) in [5, 5.41) is 41.4. The topological polar surface area (TPSA) is 149 Å². The molecule has 0 fully saturated rings.